The summed E-state index contributed by atoms with van der Waals surface area (Å²) in [5.41, 5.74) is 3.20. The summed E-state index contributed by atoms with van der Waals surface area (Å²) in [6, 6.07) is 14.6. The number of nitrogens with one attached hydrogen (secondary N) is 1. The lowest BCUT2D eigenvalue weighted by molar-refractivity contribution is -0.123. The molecule has 27 heavy (non-hydrogen) atoms. The molecule has 1 aliphatic rings. The van der Waals surface area contributed by atoms with Crippen LogP contribution in [0.1, 0.15) is 36.2 Å². The Kier molecular flexibility index (Phi) is 5.40. The average molecular weight is 364 g/mol. The second kappa shape index (κ2) is 7.74. The van der Waals surface area contributed by atoms with Crippen LogP contribution in [0.15, 0.2) is 48.5 Å². The van der Waals surface area contributed by atoms with Crippen molar-refractivity contribution in [1.29, 1.82) is 0 Å². The van der Waals surface area contributed by atoms with Gasteiger partial charge in [-0.3, -0.25) is 14.4 Å². The van der Waals surface area contributed by atoms with E-state index in [9.17, 15) is 14.4 Å². The van der Waals surface area contributed by atoms with Gasteiger partial charge in [0, 0.05) is 23.5 Å². The first-order valence-electron chi connectivity index (χ1n) is 9.20. The standard InChI is InChI=1S/C22H24N2O3/c1-4-24(18-7-5-6-14(2)12-18)22(27)20-13-19(20)21(26)23-17-10-8-16(9-11-17)15(3)25/h5-12,19-20H,4,13H2,1-3H3,(H,23,26). The molecule has 1 fully saturated rings. The summed E-state index contributed by atoms with van der Waals surface area (Å²) in [4.78, 5) is 38.4. The van der Waals surface area contributed by atoms with Gasteiger partial charge >= 0.3 is 0 Å². The molecule has 2 aromatic carbocycles. The van der Waals surface area contributed by atoms with E-state index in [0.717, 1.165) is 11.3 Å². The Morgan fingerprint density at radius 3 is 2.37 bits per heavy atom. The Balaban J connectivity index is 1.62. The van der Waals surface area contributed by atoms with Crippen molar-refractivity contribution in [3.63, 3.8) is 0 Å². The van der Waals surface area contributed by atoms with Gasteiger partial charge in [-0.2, -0.15) is 0 Å². The third-order valence-corrected chi connectivity index (χ3v) is 4.90. The van der Waals surface area contributed by atoms with Crippen LogP contribution in [0.5, 0.6) is 0 Å². The van der Waals surface area contributed by atoms with Gasteiger partial charge in [-0.25, -0.2) is 0 Å². The van der Waals surface area contributed by atoms with Crippen LogP contribution >= 0.6 is 0 Å². The van der Waals surface area contributed by atoms with Crippen LogP contribution in [0.25, 0.3) is 0 Å². The number of carbonyl (C=O) groups is 3. The monoisotopic (exact) mass is 364 g/mol. The molecule has 3 rings (SSSR count). The van der Waals surface area contributed by atoms with Crippen molar-refractivity contribution >= 4 is 29.0 Å². The Hall–Kier alpha value is -2.95. The number of hydrogen-bond donors (Lipinski definition) is 1. The van der Waals surface area contributed by atoms with Gasteiger partial charge in [0.25, 0.3) is 0 Å². The molecule has 0 saturated heterocycles. The normalized spacial score (nSPS) is 17.9. The van der Waals surface area contributed by atoms with Gasteiger partial charge in [0.2, 0.25) is 11.8 Å². The average Bonchev–Trinajstić information content (AvgIpc) is 3.44. The number of ketones is 1. The van der Waals surface area contributed by atoms with Crippen LogP contribution in [0.4, 0.5) is 11.4 Å². The number of Topliss-reactive ketones (excluding diaryl/α,β-unsaturated/α-hetero) is 1. The molecular weight excluding hydrogens is 340 g/mol. The fourth-order valence-corrected chi connectivity index (χ4v) is 3.24. The Morgan fingerprint density at radius 2 is 1.78 bits per heavy atom. The zero-order valence-electron chi connectivity index (χ0n) is 15.9. The van der Waals surface area contributed by atoms with Gasteiger partial charge < -0.3 is 10.2 Å². The summed E-state index contributed by atoms with van der Waals surface area (Å²) in [7, 11) is 0. The maximum absolute atomic E-state index is 12.8. The summed E-state index contributed by atoms with van der Waals surface area (Å²) in [6.45, 7) is 6.00. The SMILES string of the molecule is CCN(C(=O)C1CC1C(=O)Nc1ccc(C(C)=O)cc1)c1cccc(C)c1. The van der Waals surface area contributed by atoms with Gasteiger partial charge in [-0.1, -0.05) is 12.1 Å². The van der Waals surface area contributed by atoms with Crippen molar-refractivity contribution in [2.45, 2.75) is 27.2 Å². The number of anilines is 2. The van der Waals surface area contributed by atoms with E-state index in [2.05, 4.69) is 5.32 Å². The first-order chi connectivity index (χ1) is 12.9. The zero-order chi connectivity index (χ0) is 19.6. The number of nitrogens with zero attached hydrogens (tertiary/aromatic N) is 1. The van der Waals surface area contributed by atoms with Crippen LogP contribution in [0, 0.1) is 18.8 Å². The second-order valence-corrected chi connectivity index (χ2v) is 6.99. The number of hydrogen-bond acceptors (Lipinski definition) is 3. The predicted molar refractivity (Wildman–Crippen MR) is 106 cm³/mol. The van der Waals surface area contributed by atoms with Crippen LogP contribution in [0.2, 0.25) is 0 Å². The first kappa shape index (κ1) is 18.8. The fourth-order valence-electron chi connectivity index (χ4n) is 3.24. The third-order valence-electron chi connectivity index (χ3n) is 4.90. The lowest BCUT2D eigenvalue weighted by atomic mass is 10.1. The molecule has 2 atom stereocenters. The molecule has 0 aliphatic heterocycles. The van der Waals surface area contributed by atoms with Crippen molar-refractivity contribution in [1.82, 2.24) is 0 Å². The van der Waals surface area contributed by atoms with Crippen molar-refractivity contribution < 1.29 is 14.4 Å². The smallest absolute Gasteiger partial charge is 0.230 e. The Morgan fingerprint density at radius 1 is 1.07 bits per heavy atom. The highest BCUT2D eigenvalue weighted by molar-refractivity contribution is 6.04. The molecule has 5 nitrogen and oxygen atoms in total. The van der Waals surface area contributed by atoms with E-state index in [-0.39, 0.29) is 29.4 Å². The molecule has 0 bridgehead atoms. The molecule has 140 valence electrons. The fraction of sp³-hybridized carbons (Fsp3) is 0.318. The van der Waals surface area contributed by atoms with Crippen LogP contribution in [-0.2, 0) is 9.59 Å². The highest BCUT2D eigenvalue weighted by atomic mass is 16.2. The summed E-state index contributed by atoms with van der Waals surface area (Å²) in [6.07, 6.45) is 0.568. The number of aryl methyl sites for hydroxylation is 1. The molecular formula is C22H24N2O3. The van der Waals surface area contributed by atoms with Gasteiger partial charge in [-0.05, 0) is 69.2 Å². The highest BCUT2D eigenvalue weighted by Crippen LogP contribution is 2.41. The van der Waals surface area contributed by atoms with Crippen molar-refractivity contribution in [3.8, 4) is 0 Å². The third kappa shape index (κ3) is 4.25. The van der Waals surface area contributed by atoms with Gasteiger partial charge in [0.15, 0.2) is 5.78 Å². The second-order valence-electron chi connectivity index (χ2n) is 6.99. The minimum Gasteiger partial charge on any atom is -0.326 e. The molecule has 1 saturated carbocycles. The summed E-state index contributed by atoms with van der Waals surface area (Å²) in [5, 5.41) is 2.84. The van der Waals surface area contributed by atoms with E-state index in [1.807, 2.05) is 38.1 Å². The Bertz CT molecular complexity index is 873. The lowest BCUT2D eigenvalue weighted by Gasteiger charge is -2.21. The zero-order valence-corrected chi connectivity index (χ0v) is 15.9. The maximum atomic E-state index is 12.8. The van der Waals surface area contributed by atoms with E-state index in [4.69, 9.17) is 0 Å². The van der Waals surface area contributed by atoms with Crippen LogP contribution in [-0.4, -0.2) is 24.1 Å². The number of carbonyl (C=O) groups excluding carboxylic acids is 3. The molecule has 2 amide bonds. The molecule has 2 aromatic rings. The van der Waals surface area contributed by atoms with Gasteiger partial charge in [0.1, 0.15) is 0 Å². The number of amides is 2. The van der Waals surface area contributed by atoms with E-state index in [1.54, 1.807) is 29.2 Å². The molecule has 0 aromatic heterocycles. The van der Waals surface area contributed by atoms with E-state index in [1.165, 1.54) is 6.92 Å². The maximum Gasteiger partial charge on any atom is 0.230 e. The van der Waals surface area contributed by atoms with E-state index < -0.39 is 0 Å². The number of rotatable bonds is 6. The molecule has 1 aliphatic carbocycles. The first-order valence-corrected chi connectivity index (χ1v) is 9.20. The molecule has 0 heterocycles. The lowest BCUT2D eigenvalue weighted by Crippen LogP contribution is -2.33. The topological polar surface area (TPSA) is 66.5 Å². The molecule has 1 N–H and O–H groups in total. The Labute approximate surface area is 159 Å². The summed E-state index contributed by atoms with van der Waals surface area (Å²) in [5.74, 6) is -0.748. The summed E-state index contributed by atoms with van der Waals surface area (Å²) < 4.78 is 0. The van der Waals surface area contributed by atoms with Crippen LogP contribution in [0.3, 0.4) is 0 Å². The van der Waals surface area contributed by atoms with Gasteiger partial charge in [0.05, 0.1) is 11.8 Å². The quantitative estimate of drug-likeness (QED) is 0.792. The molecule has 2 unspecified atom stereocenters. The van der Waals surface area contributed by atoms with Crippen molar-refractivity contribution in [2.75, 3.05) is 16.8 Å². The van der Waals surface area contributed by atoms with Gasteiger partial charge in [-0.15, -0.1) is 0 Å². The van der Waals surface area contributed by atoms with E-state index in [0.29, 0.717) is 24.2 Å². The minimum absolute atomic E-state index is 0.00447. The molecule has 5 heteroatoms. The minimum atomic E-state index is -0.302. The largest absolute Gasteiger partial charge is 0.326 e. The molecule has 0 radical (unpaired) electrons. The summed E-state index contributed by atoms with van der Waals surface area (Å²) >= 11 is 0. The molecule has 0 spiro atoms. The predicted octanol–water partition coefficient (Wildman–Crippen LogP) is 3.83. The van der Waals surface area contributed by atoms with Crippen molar-refractivity contribution in [3.05, 3.63) is 59.7 Å². The number of benzene rings is 2. The highest BCUT2D eigenvalue weighted by Gasteiger charge is 2.49. The van der Waals surface area contributed by atoms with Crippen LogP contribution < -0.4 is 10.2 Å². The van der Waals surface area contributed by atoms with E-state index >= 15 is 0 Å². The van der Waals surface area contributed by atoms with Crippen molar-refractivity contribution in [2.24, 2.45) is 11.8 Å².